The van der Waals surface area contributed by atoms with Crippen LogP contribution >= 0.6 is 23.4 Å². The van der Waals surface area contributed by atoms with Crippen LogP contribution in [0.3, 0.4) is 0 Å². The van der Waals surface area contributed by atoms with Gasteiger partial charge in [0.1, 0.15) is 0 Å². The molecule has 0 atom stereocenters. The summed E-state index contributed by atoms with van der Waals surface area (Å²) in [7, 11) is 0. The van der Waals surface area contributed by atoms with Crippen LogP contribution in [0.1, 0.15) is 0 Å². The summed E-state index contributed by atoms with van der Waals surface area (Å²) in [5.41, 5.74) is 0.981. The van der Waals surface area contributed by atoms with Gasteiger partial charge < -0.3 is 4.74 Å². The van der Waals surface area contributed by atoms with Crippen molar-refractivity contribution in [1.82, 2.24) is 9.55 Å². The van der Waals surface area contributed by atoms with Crippen molar-refractivity contribution in [3.63, 3.8) is 0 Å². The lowest BCUT2D eigenvalue weighted by molar-refractivity contribution is 0.325. The van der Waals surface area contributed by atoms with Crippen LogP contribution in [-0.4, -0.2) is 21.9 Å². The van der Waals surface area contributed by atoms with E-state index in [1.54, 1.807) is 54.6 Å². The predicted molar refractivity (Wildman–Crippen MR) is 115 cm³/mol. The molecule has 0 bridgehead atoms. The lowest BCUT2D eigenvalue weighted by Crippen LogP contribution is -2.22. The maximum atomic E-state index is 13.7. The van der Waals surface area contributed by atoms with Crippen molar-refractivity contribution in [3.05, 3.63) is 94.0 Å². The molecule has 0 saturated heterocycles. The molecule has 0 spiro atoms. The molecule has 1 aromatic heterocycles. The number of hydrogen-bond acceptors (Lipinski definition) is 4. The van der Waals surface area contributed by atoms with Crippen LogP contribution < -0.4 is 10.3 Å². The first-order valence-electron chi connectivity index (χ1n) is 8.92. The van der Waals surface area contributed by atoms with Gasteiger partial charge in [-0.3, -0.25) is 9.36 Å². The molecule has 0 fully saturated rings. The SMILES string of the molecule is O=c1c2ccccc2nc(SCCOc2ccccc2F)n1-c1ccccc1Cl. The summed E-state index contributed by atoms with van der Waals surface area (Å²) in [5.74, 6) is 0.265. The van der Waals surface area contributed by atoms with E-state index >= 15 is 0 Å². The summed E-state index contributed by atoms with van der Waals surface area (Å²) >= 11 is 7.70. The highest BCUT2D eigenvalue weighted by Crippen LogP contribution is 2.26. The molecule has 0 radical (unpaired) electrons. The average Bonchev–Trinajstić information content (AvgIpc) is 2.73. The highest BCUT2D eigenvalue weighted by atomic mass is 35.5. The van der Waals surface area contributed by atoms with Crippen LogP contribution in [0.2, 0.25) is 5.02 Å². The Balaban J connectivity index is 1.66. The Bertz CT molecular complexity index is 1230. The van der Waals surface area contributed by atoms with Gasteiger partial charge in [0.05, 0.1) is 28.2 Å². The van der Waals surface area contributed by atoms with Gasteiger partial charge in [-0.1, -0.05) is 59.8 Å². The molecule has 146 valence electrons. The van der Waals surface area contributed by atoms with E-state index in [-0.39, 0.29) is 17.9 Å². The molecule has 0 N–H and O–H groups in total. The second-order valence-electron chi connectivity index (χ2n) is 6.13. The standard InChI is InChI=1S/C22H16ClFN2O2S/c23-16-8-2-5-11-19(16)26-21(27)15-7-1-4-10-18(15)25-22(26)29-14-13-28-20-12-6-3-9-17(20)24/h1-12H,13-14H2. The van der Waals surface area contributed by atoms with Crippen LogP contribution in [0.15, 0.2) is 82.7 Å². The zero-order chi connectivity index (χ0) is 20.2. The molecule has 0 aliphatic rings. The van der Waals surface area contributed by atoms with Crippen LogP contribution in [-0.2, 0) is 0 Å². The van der Waals surface area contributed by atoms with Gasteiger partial charge in [0, 0.05) is 5.75 Å². The highest BCUT2D eigenvalue weighted by Gasteiger charge is 2.15. The quantitative estimate of drug-likeness (QED) is 0.237. The topological polar surface area (TPSA) is 44.1 Å². The number of thioether (sulfide) groups is 1. The average molecular weight is 427 g/mol. The molecule has 7 heteroatoms. The van der Waals surface area contributed by atoms with Gasteiger partial charge in [-0.2, -0.15) is 0 Å². The summed E-state index contributed by atoms with van der Waals surface area (Å²) in [6, 6.07) is 20.6. The fourth-order valence-electron chi connectivity index (χ4n) is 2.90. The second-order valence-corrected chi connectivity index (χ2v) is 7.60. The molecule has 0 amide bonds. The van der Waals surface area contributed by atoms with E-state index in [1.807, 2.05) is 12.1 Å². The Morgan fingerprint density at radius 1 is 1.00 bits per heavy atom. The number of benzene rings is 3. The highest BCUT2D eigenvalue weighted by molar-refractivity contribution is 7.99. The molecule has 3 aromatic carbocycles. The monoisotopic (exact) mass is 426 g/mol. The summed E-state index contributed by atoms with van der Waals surface area (Å²) in [4.78, 5) is 17.8. The molecule has 0 aliphatic carbocycles. The van der Waals surface area contributed by atoms with E-state index in [0.29, 0.717) is 32.5 Å². The van der Waals surface area contributed by atoms with Gasteiger partial charge in [0.15, 0.2) is 16.7 Å². The lowest BCUT2D eigenvalue weighted by atomic mass is 10.2. The van der Waals surface area contributed by atoms with E-state index in [9.17, 15) is 9.18 Å². The Morgan fingerprint density at radius 2 is 1.72 bits per heavy atom. The Labute approximate surface area is 175 Å². The minimum atomic E-state index is -0.408. The number of halogens is 2. The van der Waals surface area contributed by atoms with Gasteiger partial charge >= 0.3 is 0 Å². The van der Waals surface area contributed by atoms with Crippen LogP contribution in [0.5, 0.6) is 5.75 Å². The first-order chi connectivity index (χ1) is 14.1. The van der Waals surface area contributed by atoms with Gasteiger partial charge in [-0.25, -0.2) is 9.37 Å². The van der Waals surface area contributed by atoms with E-state index in [0.717, 1.165) is 0 Å². The Kier molecular flexibility index (Phi) is 5.83. The molecule has 4 nitrogen and oxygen atoms in total. The zero-order valence-electron chi connectivity index (χ0n) is 15.2. The van der Waals surface area contributed by atoms with E-state index < -0.39 is 5.82 Å². The third-order valence-electron chi connectivity index (χ3n) is 4.25. The molecular formula is C22H16ClFN2O2S. The molecule has 4 aromatic rings. The van der Waals surface area contributed by atoms with Crippen molar-refractivity contribution in [2.45, 2.75) is 5.16 Å². The minimum Gasteiger partial charge on any atom is -0.490 e. The van der Waals surface area contributed by atoms with Crippen molar-refractivity contribution in [2.24, 2.45) is 0 Å². The number of rotatable bonds is 6. The smallest absolute Gasteiger partial charge is 0.266 e. The van der Waals surface area contributed by atoms with E-state index in [1.165, 1.54) is 22.4 Å². The Hall–Kier alpha value is -2.83. The lowest BCUT2D eigenvalue weighted by Gasteiger charge is -2.14. The zero-order valence-corrected chi connectivity index (χ0v) is 16.8. The molecule has 1 heterocycles. The maximum Gasteiger partial charge on any atom is 0.266 e. The number of para-hydroxylation sites is 3. The number of fused-ring (bicyclic) bond motifs is 1. The molecule has 4 rings (SSSR count). The maximum absolute atomic E-state index is 13.7. The van der Waals surface area contributed by atoms with Crippen molar-refractivity contribution in [1.29, 1.82) is 0 Å². The minimum absolute atomic E-state index is 0.193. The van der Waals surface area contributed by atoms with Gasteiger partial charge in [0.2, 0.25) is 0 Å². The normalized spacial score (nSPS) is 11.0. The van der Waals surface area contributed by atoms with Crippen LogP contribution in [0.4, 0.5) is 4.39 Å². The third-order valence-corrected chi connectivity index (χ3v) is 5.47. The Morgan fingerprint density at radius 3 is 2.55 bits per heavy atom. The number of hydrogen-bond donors (Lipinski definition) is 0. The van der Waals surface area contributed by atoms with Crippen LogP contribution in [0.25, 0.3) is 16.6 Å². The summed E-state index contributed by atoms with van der Waals surface area (Å²) < 4.78 is 20.7. The predicted octanol–water partition coefficient (Wildman–Crippen LogP) is 5.35. The summed E-state index contributed by atoms with van der Waals surface area (Å²) in [5, 5.41) is 1.47. The largest absolute Gasteiger partial charge is 0.490 e. The summed E-state index contributed by atoms with van der Waals surface area (Å²) in [6.07, 6.45) is 0. The van der Waals surface area contributed by atoms with E-state index in [4.69, 9.17) is 16.3 Å². The van der Waals surface area contributed by atoms with Gasteiger partial charge in [-0.15, -0.1) is 0 Å². The first-order valence-corrected chi connectivity index (χ1v) is 10.3. The van der Waals surface area contributed by atoms with Gasteiger partial charge in [-0.05, 0) is 36.4 Å². The number of ether oxygens (including phenoxy) is 1. The fourth-order valence-corrected chi connectivity index (χ4v) is 3.94. The van der Waals surface area contributed by atoms with Gasteiger partial charge in [0.25, 0.3) is 5.56 Å². The molecule has 29 heavy (non-hydrogen) atoms. The van der Waals surface area contributed by atoms with Crippen molar-refractivity contribution < 1.29 is 9.13 Å². The number of nitrogens with zero attached hydrogens (tertiary/aromatic N) is 2. The van der Waals surface area contributed by atoms with Crippen molar-refractivity contribution >= 4 is 34.3 Å². The van der Waals surface area contributed by atoms with Crippen molar-refractivity contribution in [3.8, 4) is 11.4 Å². The fraction of sp³-hybridized carbons (Fsp3) is 0.0909. The number of aromatic nitrogens is 2. The first kappa shape index (κ1) is 19.5. The third kappa shape index (κ3) is 4.13. The van der Waals surface area contributed by atoms with E-state index in [2.05, 4.69) is 4.98 Å². The molecular weight excluding hydrogens is 411 g/mol. The molecule has 0 unspecified atom stereocenters. The second kappa shape index (κ2) is 8.68. The van der Waals surface area contributed by atoms with Crippen LogP contribution in [0, 0.1) is 5.82 Å². The van der Waals surface area contributed by atoms with Crippen molar-refractivity contribution in [2.75, 3.05) is 12.4 Å². The molecule has 0 aliphatic heterocycles. The molecule has 0 saturated carbocycles. The summed E-state index contributed by atoms with van der Waals surface area (Å²) in [6.45, 7) is 0.261.